The summed E-state index contributed by atoms with van der Waals surface area (Å²) in [5, 5.41) is 18.7. The Morgan fingerprint density at radius 2 is 2.25 bits per heavy atom. The average molecular weight is 349 g/mol. The van der Waals surface area contributed by atoms with Gasteiger partial charge in [-0.05, 0) is 18.8 Å². The molecule has 1 atom stereocenters. The zero-order valence-corrected chi connectivity index (χ0v) is 14.1. The molecule has 1 aliphatic heterocycles. The highest BCUT2D eigenvalue weighted by atomic mass is 32.1. The number of aromatic nitrogens is 2. The number of rotatable bonds is 4. The number of aliphatic hydroxyl groups is 1. The molecule has 1 saturated carbocycles. The van der Waals surface area contributed by atoms with Crippen molar-refractivity contribution in [2.75, 3.05) is 13.2 Å². The van der Waals surface area contributed by atoms with Crippen LogP contribution >= 0.6 is 11.3 Å². The standard InChI is InChI=1S/C16H19N3O4S/c1-19-7-10(6-17-19)13(9-4-11(20)5-9)18-16(21)15-14-12(8-24-15)22-2-3-23-14/h6-9,11,13,20H,2-5H2,1H3,(H,18,21)/t9?,11?,13-/m1/s1. The Bertz CT molecular complexity index is 750. The first-order valence-electron chi connectivity index (χ1n) is 7.96. The Morgan fingerprint density at radius 1 is 1.46 bits per heavy atom. The second-order valence-electron chi connectivity index (χ2n) is 6.24. The van der Waals surface area contributed by atoms with Crippen molar-refractivity contribution in [1.29, 1.82) is 0 Å². The molecule has 1 aliphatic carbocycles. The minimum absolute atomic E-state index is 0.170. The van der Waals surface area contributed by atoms with E-state index in [9.17, 15) is 9.90 Å². The van der Waals surface area contributed by atoms with Gasteiger partial charge in [-0.3, -0.25) is 9.48 Å². The lowest BCUT2D eigenvalue weighted by Gasteiger charge is -2.37. The van der Waals surface area contributed by atoms with E-state index >= 15 is 0 Å². The molecule has 0 radical (unpaired) electrons. The summed E-state index contributed by atoms with van der Waals surface area (Å²) in [7, 11) is 1.85. The number of nitrogens with zero attached hydrogens (tertiary/aromatic N) is 2. The van der Waals surface area contributed by atoms with E-state index in [-0.39, 0.29) is 24.0 Å². The third-order valence-electron chi connectivity index (χ3n) is 4.50. The SMILES string of the molecule is Cn1cc([C@H](NC(=O)c2scc3c2OCCO3)C2CC(O)C2)cn1. The van der Waals surface area contributed by atoms with Crippen LogP contribution in [0.25, 0.3) is 0 Å². The van der Waals surface area contributed by atoms with E-state index < -0.39 is 0 Å². The molecule has 3 heterocycles. The Morgan fingerprint density at radius 3 is 2.96 bits per heavy atom. The number of amides is 1. The maximum Gasteiger partial charge on any atom is 0.265 e. The third-order valence-corrected chi connectivity index (χ3v) is 5.44. The first kappa shape index (κ1) is 15.5. The van der Waals surface area contributed by atoms with Gasteiger partial charge in [0, 0.05) is 24.2 Å². The van der Waals surface area contributed by atoms with Gasteiger partial charge in [-0.15, -0.1) is 11.3 Å². The first-order valence-corrected chi connectivity index (χ1v) is 8.84. The summed E-state index contributed by atoms with van der Waals surface area (Å²) in [5.74, 6) is 1.19. The monoisotopic (exact) mass is 349 g/mol. The normalized spacial score (nSPS) is 23.4. The van der Waals surface area contributed by atoms with Gasteiger partial charge in [-0.2, -0.15) is 5.10 Å². The van der Waals surface area contributed by atoms with Crippen LogP contribution in [0.1, 0.15) is 34.1 Å². The lowest BCUT2D eigenvalue weighted by atomic mass is 9.75. The third kappa shape index (κ3) is 2.76. The molecular weight excluding hydrogens is 330 g/mol. The van der Waals surface area contributed by atoms with Gasteiger partial charge >= 0.3 is 0 Å². The Hall–Kier alpha value is -2.06. The van der Waals surface area contributed by atoms with Crippen molar-refractivity contribution in [2.45, 2.75) is 25.0 Å². The van der Waals surface area contributed by atoms with Gasteiger partial charge in [0.05, 0.1) is 18.3 Å². The van der Waals surface area contributed by atoms with Crippen LogP contribution in [-0.4, -0.2) is 40.1 Å². The molecule has 0 aromatic carbocycles. The molecule has 0 bridgehead atoms. The van der Waals surface area contributed by atoms with E-state index in [1.54, 1.807) is 16.3 Å². The largest absolute Gasteiger partial charge is 0.485 e. The molecular formula is C16H19N3O4S. The molecule has 8 heteroatoms. The van der Waals surface area contributed by atoms with Crippen LogP contribution in [0.3, 0.4) is 0 Å². The highest BCUT2D eigenvalue weighted by Crippen LogP contribution is 2.41. The van der Waals surface area contributed by atoms with E-state index in [1.807, 2.05) is 13.2 Å². The van der Waals surface area contributed by atoms with Crippen LogP contribution in [0.5, 0.6) is 11.5 Å². The fraction of sp³-hybridized carbons (Fsp3) is 0.500. The van der Waals surface area contributed by atoms with Crippen LogP contribution in [0.15, 0.2) is 17.8 Å². The number of carbonyl (C=O) groups excluding carboxylic acids is 1. The molecule has 2 aliphatic rings. The van der Waals surface area contributed by atoms with Crippen molar-refractivity contribution in [3.8, 4) is 11.5 Å². The molecule has 2 N–H and O–H groups in total. The van der Waals surface area contributed by atoms with Crippen LogP contribution in [0, 0.1) is 5.92 Å². The molecule has 0 spiro atoms. The Kier molecular flexibility index (Phi) is 3.93. The second kappa shape index (κ2) is 6.10. The number of nitrogens with one attached hydrogen (secondary N) is 1. The van der Waals surface area contributed by atoms with Crippen LogP contribution in [-0.2, 0) is 7.05 Å². The molecule has 0 saturated heterocycles. The van der Waals surface area contributed by atoms with Crippen molar-refractivity contribution in [1.82, 2.24) is 15.1 Å². The maximum atomic E-state index is 12.8. The molecule has 24 heavy (non-hydrogen) atoms. The van der Waals surface area contributed by atoms with Gasteiger partial charge in [-0.1, -0.05) is 0 Å². The van der Waals surface area contributed by atoms with Crippen molar-refractivity contribution in [2.24, 2.45) is 13.0 Å². The summed E-state index contributed by atoms with van der Waals surface area (Å²) in [5.41, 5.74) is 0.949. The summed E-state index contributed by atoms with van der Waals surface area (Å²) in [6, 6.07) is -0.170. The van der Waals surface area contributed by atoms with E-state index in [2.05, 4.69) is 10.4 Å². The smallest absolute Gasteiger partial charge is 0.265 e. The van der Waals surface area contributed by atoms with Crippen molar-refractivity contribution in [3.05, 3.63) is 28.2 Å². The minimum atomic E-state index is -0.280. The van der Waals surface area contributed by atoms with Gasteiger partial charge in [-0.25, -0.2) is 0 Å². The summed E-state index contributed by atoms with van der Waals surface area (Å²) < 4.78 is 12.8. The molecule has 1 amide bonds. The topological polar surface area (TPSA) is 85.6 Å². The Balaban J connectivity index is 1.56. The average Bonchev–Trinajstić information content (AvgIpc) is 3.16. The molecule has 4 rings (SSSR count). The van der Waals surface area contributed by atoms with Crippen LogP contribution in [0.2, 0.25) is 0 Å². The molecule has 2 aromatic heterocycles. The van der Waals surface area contributed by atoms with Gasteiger partial charge in [0.2, 0.25) is 0 Å². The summed E-state index contributed by atoms with van der Waals surface area (Å²) in [6.07, 6.45) is 4.75. The fourth-order valence-electron chi connectivity index (χ4n) is 3.20. The van der Waals surface area contributed by atoms with Gasteiger partial charge in [0.25, 0.3) is 5.91 Å². The lowest BCUT2D eigenvalue weighted by Crippen LogP contribution is -2.41. The van der Waals surface area contributed by atoms with Crippen molar-refractivity contribution < 1.29 is 19.4 Å². The zero-order chi connectivity index (χ0) is 16.7. The van der Waals surface area contributed by atoms with E-state index in [4.69, 9.17) is 9.47 Å². The van der Waals surface area contributed by atoms with E-state index in [0.29, 0.717) is 42.4 Å². The highest BCUT2D eigenvalue weighted by molar-refractivity contribution is 7.12. The second-order valence-corrected chi connectivity index (χ2v) is 7.12. The number of fused-ring (bicyclic) bond motifs is 1. The first-order chi connectivity index (χ1) is 11.6. The van der Waals surface area contributed by atoms with Gasteiger partial charge < -0.3 is 19.9 Å². The van der Waals surface area contributed by atoms with Gasteiger partial charge in [0.1, 0.15) is 18.1 Å². The summed E-state index contributed by atoms with van der Waals surface area (Å²) >= 11 is 1.32. The zero-order valence-electron chi connectivity index (χ0n) is 13.3. The number of aryl methyl sites for hydroxylation is 1. The van der Waals surface area contributed by atoms with Crippen molar-refractivity contribution in [3.63, 3.8) is 0 Å². The maximum absolute atomic E-state index is 12.8. The highest BCUT2D eigenvalue weighted by Gasteiger charge is 2.37. The Labute approximate surface area is 143 Å². The lowest BCUT2D eigenvalue weighted by molar-refractivity contribution is 0.0235. The van der Waals surface area contributed by atoms with Crippen LogP contribution in [0.4, 0.5) is 0 Å². The predicted octanol–water partition coefficient (Wildman–Crippen LogP) is 1.49. The molecule has 128 valence electrons. The number of hydrogen-bond donors (Lipinski definition) is 2. The molecule has 1 fully saturated rings. The predicted molar refractivity (Wildman–Crippen MR) is 87.5 cm³/mol. The van der Waals surface area contributed by atoms with Crippen molar-refractivity contribution >= 4 is 17.2 Å². The van der Waals surface area contributed by atoms with Crippen LogP contribution < -0.4 is 14.8 Å². The number of hydrogen-bond acceptors (Lipinski definition) is 6. The summed E-state index contributed by atoms with van der Waals surface area (Å²) in [4.78, 5) is 13.3. The minimum Gasteiger partial charge on any atom is -0.485 e. The molecule has 0 unspecified atom stereocenters. The number of aliphatic hydroxyl groups excluding tert-OH is 1. The quantitative estimate of drug-likeness (QED) is 0.874. The van der Waals surface area contributed by atoms with Gasteiger partial charge in [0.15, 0.2) is 11.5 Å². The number of carbonyl (C=O) groups is 1. The number of ether oxygens (including phenoxy) is 2. The molecule has 2 aromatic rings. The molecule has 7 nitrogen and oxygen atoms in total. The summed E-state index contributed by atoms with van der Waals surface area (Å²) in [6.45, 7) is 0.952. The number of thiophene rings is 1. The van der Waals surface area contributed by atoms with E-state index in [1.165, 1.54) is 11.3 Å². The fourth-order valence-corrected chi connectivity index (χ4v) is 4.04. The van der Waals surface area contributed by atoms with E-state index in [0.717, 1.165) is 5.56 Å².